The molecule has 2 unspecified atom stereocenters. The van der Waals surface area contributed by atoms with E-state index in [9.17, 15) is 26.4 Å². The van der Waals surface area contributed by atoms with E-state index in [-0.39, 0.29) is 11.3 Å². The summed E-state index contributed by atoms with van der Waals surface area (Å²) in [6.45, 7) is 0. The molecule has 0 aliphatic heterocycles. The van der Waals surface area contributed by atoms with Gasteiger partial charge in [-0.2, -0.15) is 5.10 Å². The van der Waals surface area contributed by atoms with Crippen LogP contribution in [0.2, 0.25) is 0 Å². The molecule has 1 aromatic heterocycles. The predicted octanol–water partition coefficient (Wildman–Crippen LogP) is 4.09. The van der Waals surface area contributed by atoms with E-state index in [0.717, 1.165) is 6.26 Å². The lowest BCUT2D eigenvalue weighted by atomic mass is 9.74. The first kappa shape index (κ1) is 23.0. The molecule has 10 heteroatoms. The Morgan fingerprint density at radius 2 is 1.76 bits per heavy atom. The highest BCUT2D eigenvalue weighted by molar-refractivity contribution is 7.90. The first-order valence-corrected chi connectivity index (χ1v) is 12.2. The Labute approximate surface area is 189 Å². The number of carbonyl (C=O) groups excluding carboxylic acids is 1. The molecule has 0 saturated heterocycles. The maximum Gasteiger partial charge on any atom is 0.249 e. The number of benzene rings is 2. The Balaban J connectivity index is 1.84. The molecule has 0 radical (unpaired) electrons. The third-order valence-electron chi connectivity index (χ3n) is 5.97. The van der Waals surface area contributed by atoms with Gasteiger partial charge < -0.3 is 5.73 Å². The number of hydrogen-bond donors (Lipinski definition) is 1. The molecule has 0 bridgehead atoms. The molecule has 2 atom stereocenters. The Morgan fingerprint density at radius 1 is 1.12 bits per heavy atom. The van der Waals surface area contributed by atoms with Gasteiger partial charge in [0.05, 0.1) is 22.2 Å². The molecule has 2 aromatic carbocycles. The molecule has 1 saturated carbocycles. The highest BCUT2D eigenvalue weighted by atomic mass is 32.2. The minimum atomic E-state index is -3.41. The Kier molecular flexibility index (Phi) is 5.81. The molecule has 1 amide bonds. The largest absolute Gasteiger partial charge is 0.369 e. The summed E-state index contributed by atoms with van der Waals surface area (Å²) in [6, 6.07) is 11.7. The van der Waals surface area contributed by atoms with E-state index in [0.29, 0.717) is 22.5 Å². The van der Waals surface area contributed by atoms with E-state index < -0.39 is 52.2 Å². The van der Waals surface area contributed by atoms with Gasteiger partial charge in [-0.05, 0) is 48.4 Å². The van der Waals surface area contributed by atoms with E-state index >= 15 is 0 Å². The third-order valence-corrected chi connectivity index (χ3v) is 7.10. The van der Waals surface area contributed by atoms with Crippen LogP contribution >= 0.6 is 0 Å². The fourth-order valence-corrected chi connectivity index (χ4v) is 4.88. The van der Waals surface area contributed by atoms with Gasteiger partial charge in [-0.25, -0.2) is 26.3 Å². The summed E-state index contributed by atoms with van der Waals surface area (Å²) < 4.78 is 66.6. The van der Waals surface area contributed by atoms with Crippen LogP contribution in [0.25, 0.3) is 16.8 Å². The van der Waals surface area contributed by atoms with Crippen LogP contribution in [0.15, 0.2) is 59.6 Å². The highest BCUT2D eigenvalue weighted by Gasteiger charge is 2.46. The molecule has 6 nitrogen and oxygen atoms in total. The van der Waals surface area contributed by atoms with Gasteiger partial charge in [0.2, 0.25) is 11.8 Å². The molecule has 4 rings (SSSR count). The van der Waals surface area contributed by atoms with Gasteiger partial charge >= 0.3 is 0 Å². The van der Waals surface area contributed by atoms with Crippen molar-refractivity contribution in [1.29, 1.82) is 0 Å². The average Bonchev–Trinajstić information content (AvgIpc) is 3.18. The maximum absolute atomic E-state index is 14.1. The number of hydrogen-bond acceptors (Lipinski definition) is 4. The van der Waals surface area contributed by atoms with E-state index in [1.807, 2.05) is 0 Å². The van der Waals surface area contributed by atoms with E-state index in [4.69, 9.17) is 5.73 Å². The zero-order valence-corrected chi connectivity index (χ0v) is 18.5. The van der Waals surface area contributed by atoms with Gasteiger partial charge in [-0.1, -0.05) is 12.1 Å². The third kappa shape index (κ3) is 4.80. The van der Waals surface area contributed by atoms with Gasteiger partial charge in [-0.3, -0.25) is 4.79 Å². The van der Waals surface area contributed by atoms with Gasteiger partial charge in [0.1, 0.15) is 5.82 Å². The van der Waals surface area contributed by atoms with Crippen molar-refractivity contribution in [3.05, 3.63) is 66.2 Å². The lowest BCUT2D eigenvalue weighted by molar-refractivity contribution is -0.130. The summed E-state index contributed by atoms with van der Waals surface area (Å²) in [5.41, 5.74) is 7.59. The summed E-state index contributed by atoms with van der Waals surface area (Å²) >= 11 is 0. The molecule has 3 aromatic rings. The molecule has 1 aliphatic rings. The summed E-state index contributed by atoms with van der Waals surface area (Å²) in [5.74, 6) is -6.00. The zero-order chi connectivity index (χ0) is 24.0. The minimum absolute atomic E-state index is 0.00939. The molecule has 1 heterocycles. The van der Waals surface area contributed by atoms with Gasteiger partial charge in [0.25, 0.3) is 0 Å². The summed E-state index contributed by atoms with van der Waals surface area (Å²) in [6.07, 6.45) is 1.69. The molecule has 0 spiro atoms. The Morgan fingerprint density at radius 3 is 2.33 bits per heavy atom. The van der Waals surface area contributed by atoms with Crippen LogP contribution < -0.4 is 5.73 Å². The minimum Gasteiger partial charge on any atom is -0.369 e. The number of rotatable bonds is 5. The normalized spacial score (nSPS) is 20.5. The monoisotopic (exact) mass is 477 g/mol. The molecular formula is C23H22F3N3O3S. The molecule has 2 N–H and O–H groups in total. The van der Waals surface area contributed by atoms with Crippen molar-refractivity contribution < 1.29 is 26.4 Å². The lowest BCUT2D eigenvalue weighted by Crippen LogP contribution is -2.39. The number of aromatic nitrogens is 2. The average molecular weight is 478 g/mol. The molecule has 1 aliphatic carbocycles. The number of carbonyl (C=O) groups is 1. The molecule has 33 heavy (non-hydrogen) atoms. The molecule has 1 fully saturated rings. The maximum atomic E-state index is 14.1. The number of sulfone groups is 1. The van der Waals surface area contributed by atoms with Crippen molar-refractivity contribution >= 4 is 15.7 Å². The number of alkyl halides is 2. The number of nitrogens with zero attached hydrogens (tertiary/aromatic N) is 2. The molecular weight excluding hydrogens is 455 g/mol. The fraction of sp³-hybridized carbons (Fsp3) is 0.304. The smallest absolute Gasteiger partial charge is 0.249 e. The van der Waals surface area contributed by atoms with Crippen LogP contribution in [0, 0.1) is 11.7 Å². The lowest BCUT2D eigenvalue weighted by Gasteiger charge is -2.33. The Bertz CT molecular complexity index is 1290. The zero-order valence-electron chi connectivity index (χ0n) is 17.7. The van der Waals surface area contributed by atoms with E-state index in [1.54, 1.807) is 18.3 Å². The quantitative estimate of drug-likeness (QED) is 0.599. The topological polar surface area (TPSA) is 95.1 Å². The number of halogens is 3. The summed E-state index contributed by atoms with van der Waals surface area (Å²) in [4.78, 5) is 12.2. The first-order valence-electron chi connectivity index (χ1n) is 10.3. The van der Waals surface area contributed by atoms with Crippen molar-refractivity contribution in [1.82, 2.24) is 9.78 Å². The number of nitrogens with two attached hydrogens (primary N) is 1. The van der Waals surface area contributed by atoms with Crippen LogP contribution in [0.1, 0.15) is 30.9 Å². The summed E-state index contributed by atoms with van der Waals surface area (Å²) in [7, 11) is -3.41. The van der Waals surface area contributed by atoms with Crippen molar-refractivity contribution in [3.8, 4) is 16.8 Å². The number of amides is 1. The second kappa shape index (κ2) is 8.33. The molecule has 174 valence electrons. The SMILES string of the molecule is CS(=O)(=O)c1ccc(-c2cn(-c3ccc(F)cc3)nc2C2CCC(F)(F)CC2C(N)=O)cc1. The van der Waals surface area contributed by atoms with E-state index in [1.165, 1.54) is 41.1 Å². The first-order chi connectivity index (χ1) is 15.4. The van der Waals surface area contributed by atoms with Crippen molar-refractivity contribution in [3.63, 3.8) is 0 Å². The van der Waals surface area contributed by atoms with Crippen LogP contribution in [-0.2, 0) is 14.6 Å². The van der Waals surface area contributed by atoms with Gasteiger partial charge in [0, 0.05) is 36.8 Å². The fourth-order valence-electron chi connectivity index (χ4n) is 4.25. The standard InChI is InChI=1S/C23H22F3N3O3S/c1-33(31,32)17-8-2-14(3-9-17)20-13-29(16-6-4-15(24)5-7-16)28-21(20)18-10-11-23(25,26)12-19(18)22(27)30/h2-9,13,18-19H,10-12H2,1H3,(H2,27,30). The van der Waals surface area contributed by atoms with Crippen LogP contribution in [0.3, 0.4) is 0 Å². The van der Waals surface area contributed by atoms with Gasteiger partial charge in [0.15, 0.2) is 9.84 Å². The van der Waals surface area contributed by atoms with Crippen LogP contribution in [-0.4, -0.2) is 36.3 Å². The van der Waals surface area contributed by atoms with Crippen LogP contribution in [0.4, 0.5) is 13.2 Å². The van der Waals surface area contributed by atoms with Gasteiger partial charge in [-0.15, -0.1) is 0 Å². The Hall–Kier alpha value is -3.14. The summed E-state index contributed by atoms with van der Waals surface area (Å²) in [5, 5.41) is 4.59. The second-order valence-electron chi connectivity index (χ2n) is 8.36. The highest BCUT2D eigenvalue weighted by Crippen LogP contribution is 2.46. The van der Waals surface area contributed by atoms with Crippen molar-refractivity contribution in [2.75, 3.05) is 6.26 Å². The van der Waals surface area contributed by atoms with Crippen molar-refractivity contribution in [2.45, 2.75) is 36.0 Å². The predicted molar refractivity (Wildman–Crippen MR) is 116 cm³/mol. The second-order valence-corrected chi connectivity index (χ2v) is 10.4. The van der Waals surface area contributed by atoms with E-state index in [2.05, 4.69) is 5.10 Å². The van der Waals surface area contributed by atoms with Crippen LogP contribution in [0.5, 0.6) is 0 Å². The number of primary amides is 1. The van der Waals surface area contributed by atoms with Crippen molar-refractivity contribution in [2.24, 2.45) is 11.7 Å².